The maximum absolute atomic E-state index is 10.9. The van der Waals surface area contributed by atoms with Crippen LogP contribution in [0.15, 0.2) is 22.7 Å². The van der Waals surface area contributed by atoms with E-state index in [1.165, 1.54) is 0 Å². The van der Waals surface area contributed by atoms with Crippen LogP contribution >= 0.6 is 0 Å². The molecule has 0 aliphatic heterocycles. The lowest BCUT2D eigenvalue weighted by Gasteiger charge is -2.05. The van der Waals surface area contributed by atoms with Crippen LogP contribution in [-0.2, 0) is 11.2 Å². The zero-order valence-electron chi connectivity index (χ0n) is 11.5. The summed E-state index contributed by atoms with van der Waals surface area (Å²) in [5, 5.41) is 13.0. The van der Waals surface area contributed by atoms with Crippen LogP contribution in [0.3, 0.4) is 0 Å². The van der Waals surface area contributed by atoms with Crippen LogP contribution in [0.4, 0.5) is 0 Å². The highest BCUT2D eigenvalue weighted by molar-refractivity contribution is 5.75. The molecule has 0 bridgehead atoms. The number of carbonyl (C=O) groups is 1. The normalized spacial score (nSPS) is 20.9. The van der Waals surface area contributed by atoms with Crippen molar-refractivity contribution in [2.75, 3.05) is 0 Å². The number of aromatic nitrogens is 2. The lowest BCUT2D eigenvalue weighted by atomic mass is 10.0. The van der Waals surface area contributed by atoms with E-state index in [1.807, 2.05) is 32.0 Å². The largest absolute Gasteiger partial charge is 0.481 e. The highest BCUT2D eigenvalue weighted by Gasteiger charge is 2.44. The first-order chi connectivity index (χ1) is 9.60. The standard InChI is InChI=1S/C15H16N2O3/c1-3-13-16-14(17-20-13)10-5-4-9(6-8(10)2)11-7-12(11)15(18)19/h4-6,11-12H,3,7H2,1-2H3,(H,18,19)/t11-,12+/m1/s1. The predicted octanol–water partition coefficient (Wildman–Crippen LogP) is 2.80. The van der Waals surface area contributed by atoms with Crippen LogP contribution in [0, 0.1) is 12.8 Å². The van der Waals surface area contributed by atoms with Gasteiger partial charge in [-0.25, -0.2) is 0 Å². The molecule has 1 fully saturated rings. The second-order valence-electron chi connectivity index (χ2n) is 5.23. The molecule has 1 saturated carbocycles. The quantitative estimate of drug-likeness (QED) is 0.926. The molecule has 2 aromatic rings. The van der Waals surface area contributed by atoms with Gasteiger partial charge in [-0.2, -0.15) is 4.98 Å². The minimum atomic E-state index is -0.706. The Hall–Kier alpha value is -2.17. The molecule has 1 heterocycles. The molecule has 0 unspecified atom stereocenters. The molecule has 0 amide bonds. The lowest BCUT2D eigenvalue weighted by molar-refractivity contribution is -0.138. The monoisotopic (exact) mass is 272 g/mol. The fourth-order valence-electron chi connectivity index (χ4n) is 2.51. The Bertz CT molecular complexity index is 663. The SMILES string of the molecule is CCc1nc(-c2ccc([C@H]3C[C@@H]3C(=O)O)cc2C)no1. The first kappa shape index (κ1) is 12.8. The molecule has 0 saturated heterocycles. The van der Waals surface area contributed by atoms with Crippen LogP contribution in [0.5, 0.6) is 0 Å². The second-order valence-corrected chi connectivity index (χ2v) is 5.23. The minimum absolute atomic E-state index is 0.150. The highest BCUT2D eigenvalue weighted by Crippen LogP contribution is 2.48. The van der Waals surface area contributed by atoms with Crippen LogP contribution < -0.4 is 0 Å². The Morgan fingerprint density at radius 3 is 2.85 bits per heavy atom. The van der Waals surface area contributed by atoms with Gasteiger partial charge in [-0.05, 0) is 30.4 Å². The highest BCUT2D eigenvalue weighted by atomic mass is 16.5. The van der Waals surface area contributed by atoms with Crippen molar-refractivity contribution in [2.45, 2.75) is 32.6 Å². The number of aryl methyl sites for hydroxylation is 2. The van der Waals surface area contributed by atoms with E-state index in [0.29, 0.717) is 18.1 Å². The maximum atomic E-state index is 10.9. The number of benzene rings is 1. The second kappa shape index (κ2) is 4.74. The summed E-state index contributed by atoms with van der Waals surface area (Å²) >= 11 is 0. The zero-order chi connectivity index (χ0) is 14.3. The molecule has 3 rings (SSSR count). The number of hydrogen-bond acceptors (Lipinski definition) is 4. The van der Waals surface area contributed by atoms with E-state index in [-0.39, 0.29) is 11.8 Å². The van der Waals surface area contributed by atoms with E-state index in [4.69, 9.17) is 9.63 Å². The third-order valence-corrected chi connectivity index (χ3v) is 3.80. The number of rotatable bonds is 4. The first-order valence-electron chi connectivity index (χ1n) is 6.76. The van der Waals surface area contributed by atoms with Crippen molar-refractivity contribution in [3.63, 3.8) is 0 Å². The third kappa shape index (κ3) is 2.19. The van der Waals surface area contributed by atoms with Crippen molar-refractivity contribution in [1.29, 1.82) is 0 Å². The smallest absolute Gasteiger partial charge is 0.307 e. The fraction of sp³-hybridized carbons (Fsp3) is 0.400. The Labute approximate surface area is 116 Å². The molecule has 5 heteroatoms. The number of hydrogen-bond donors (Lipinski definition) is 1. The third-order valence-electron chi connectivity index (χ3n) is 3.80. The van der Waals surface area contributed by atoms with E-state index in [0.717, 1.165) is 23.1 Å². The summed E-state index contributed by atoms with van der Waals surface area (Å²) in [5.74, 6) is 0.435. The average molecular weight is 272 g/mol. The van der Waals surface area contributed by atoms with Crippen molar-refractivity contribution in [2.24, 2.45) is 5.92 Å². The van der Waals surface area contributed by atoms with Gasteiger partial charge in [0, 0.05) is 12.0 Å². The van der Waals surface area contributed by atoms with E-state index >= 15 is 0 Å². The summed E-state index contributed by atoms with van der Waals surface area (Å²) in [6, 6.07) is 5.95. The summed E-state index contributed by atoms with van der Waals surface area (Å²) in [4.78, 5) is 15.2. The van der Waals surface area contributed by atoms with E-state index < -0.39 is 5.97 Å². The van der Waals surface area contributed by atoms with Gasteiger partial charge in [-0.1, -0.05) is 30.3 Å². The molecule has 1 aromatic heterocycles. The number of carboxylic acids is 1. The first-order valence-corrected chi connectivity index (χ1v) is 6.76. The Morgan fingerprint density at radius 1 is 1.50 bits per heavy atom. The summed E-state index contributed by atoms with van der Waals surface area (Å²) < 4.78 is 5.12. The molecule has 20 heavy (non-hydrogen) atoms. The topological polar surface area (TPSA) is 76.2 Å². The molecule has 1 N–H and O–H groups in total. The fourth-order valence-corrected chi connectivity index (χ4v) is 2.51. The zero-order valence-corrected chi connectivity index (χ0v) is 11.5. The molecule has 104 valence electrons. The van der Waals surface area contributed by atoms with Crippen molar-refractivity contribution in [3.8, 4) is 11.4 Å². The Morgan fingerprint density at radius 2 is 2.30 bits per heavy atom. The van der Waals surface area contributed by atoms with Gasteiger partial charge in [-0.15, -0.1) is 0 Å². The van der Waals surface area contributed by atoms with Crippen molar-refractivity contribution < 1.29 is 14.4 Å². The number of aliphatic carboxylic acids is 1. The molecule has 1 aromatic carbocycles. The van der Waals surface area contributed by atoms with Crippen LogP contribution in [0.25, 0.3) is 11.4 Å². The van der Waals surface area contributed by atoms with Crippen molar-refractivity contribution in [3.05, 3.63) is 35.2 Å². The van der Waals surface area contributed by atoms with Crippen molar-refractivity contribution >= 4 is 5.97 Å². The van der Waals surface area contributed by atoms with Crippen LogP contribution in [0.1, 0.15) is 36.3 Å². The molecule has 2 atom stereocenters. The summed E-state index contributed by atoms with van der Waals surface area (Å²) in [6.07, 6.45) is 1.45. The Balaban J connectivity index is 1.86. The molecule has 0 radical (unpaired) electrons. The van der Waals surface area contributed by atoms with Gasteiger partial charge < -0.3 is 9.63 Å². The summed E-state index contributed by atoms with van der Waals surface area (Å²) in [6.45, 7) is 3.95. The molecule has 1 aliphatic carbocycles. The van der Waals surface area contributed by atoms with Gasteiger partial charge in [0.15, 0.2) is 0 Å². The van der Waals surface area contributed by atoms with Gasteiger partial charge in [0.2, 0.25) is 11.7 Å². The molecular formula is C15H16N2O3. The molecule has 0 spiro atoms. The van der Waals surface area contributed by atoms with Gasteiger partial charge in [0.1, 0.15) is 0 Å². The Kier molecular flexibility index (Phi) is 3.04. The number of nitrogens with zero attached hydrogens (tertiary/aromatic N) is 2. The van der Waals surface area contributed by atoms with Gasteiger partial charge in [-0.3, -0.25) is 4.79 Å². The van der Waals surface area contributed by atoms with E-state index in [2.05, 4.69) is 10.1 Å². The van der Waals surface area contributed by atoms with Gasteiger partial charge in [0.25, 0.3) is 0 Å². The average Bonchev–Trinajstić information content (AvgIpc) is 3.10. The predicted molar refractivity (Wildman–Crippen MR) is 72.3 cm³/mol. The van der Waals surface area contributed by atoms with Gasteiger partial charge >= 0.3 is 5.97 Å². The van der Waals surface area contributed by atoms with Gasteiger partial charge in [0.05, 0.1) is 5.92 Å². The maximum Gasteiger partial charge on any atom is 0.307 e. The molecular weight excluding hydrogens is 256 g/mol. The lowest BCUT2D eigenvalue weighted by Crippen LogP contribution is -1.99. The van der Waals surface area contributed by atoms with E-state index in [9.17, 15) is 4.79 Å². The van der Waals surface area contributed by atoms with E-state index in [1.54, 1.807) is 0 Å². The minimum Gasteiger partial charge on any atom is -0.481 e. The molecule has 1 aliphatic rings. The van der Waals surface area contributed by atoms with Crippen molar-refractivity contribution in [1.82, 2.24) is 10.1 Å². The summed E-state index contributed by atoms with van der Waals surface area (Å²) in [5.41, 5.74) is 3.06. The van der Waals surface area contributed by atoms with Crippen LogP contribution in [-0.4, -0.2) is 21.2 Å². The summed E-state index contributed by atoms with van der Waals surface area (Å²) in [7, 11) is 0. The van der Waals surface area contributed by atoms with Crippen LogP contribution in [0.2, 0.25) is 0 Å². The molecule has 5 nitrogen and oxygen atoms in total. The number of carboxylic acid groups (broad SMARTS) is 1.